The second-order valence-electron chi connectivity index (χ2n) is 9.74. The van der Waals surface area contributed by atoms with E-state index in [1.807, 2.05) is 6.20 Å². The molecule has 1 N–H and O–H groups in total. The molecule has 5 aliphatic rings. The molecule has 4 aliphatic carbocycles. The van der Waals surface area contributed by atoms with E-state index in [0.717, 1.165) is 17.8 Å². The Morgan fingerprint density at radius 1 is 1.19 bits per heavy atom. The number of halogens is 2. The van der Waals surface area contributed by atoms with Crippen molar-refractivity contribution in [1.29, 1.82) is 0 Å². The summed E-state index contributed by atoms with van der Waals surface area (Å²) < 4.78 is 16.3. The second-order valence-corrected chi connectivity index (χ2v) is 10.1. The molecule has 1 aliphatic heterocycles. The van der Waals surface area contributed by atoms with Crippen LogP contribution in [0.2, 0.25) is 5.02 Å². The predicted molar refractivity (Wildman–Crippen MR) is 114 cm³/mol. The number of benzene rings is 1. The molecule has 162 valence electrons. The first-order valence-electron chi connectivity index (χ1n) is 11.0. The summed E-state index contributed by atoms with van der Waals surface area (Å²) in [6.45, 7) is 0. The molecular weight excluding hydrogens is 419 g/mol. The molecule has 2 aromatic rings. The molecule has 0 unspecified atom stereocenters. The maximum Gasteiger partial charge on any atom is 0.268 e. The highest BCUT2D eigenvalue weighted by atomic mass is 35.5. The van der Waals surface area contributed by atoms with Crippen LogP contribution in [-0.2, 0) is 15.2 Å². The zero-order valence-corrected chi connectivity index (χ0v) is 17.8. The number of amides is 1. The van der Waals surface area contributed by atoms with Gasteiger partial charge in [-0.05, 0) is 68.4 Å². The molecule has 0 radical (unpaired) electrons. The van der Waals surface area contributed by atoms with Gasteiger partial charge in [-0.2, -0.15) is 5.10 Å². The maximum absolute atomic E-state index is 14.2. The number of hydrogen-bond acceptors (Lipinski definition) is 4. The minimum absolute atomic E-state index is 0.111. The van der Waals surface area contributed by atoms with Crippen molar-refractivity contribution in [2.45, 2.75) is 56.6 Å². The first-order valence-corrected chi connectivity index (χ1v) is 11.4. The molecule has 4 fully saturated rings. The fourth-order valence-corrected chi connectivity index (χ4v) is 6.93. The van der Waals surface area contributed by atoms with Crippen LogP contribution in [0.15, 0.2) is 35.7 Å². The van der Waals surface area contributed by atoms with Crippen molar-refractivity contribution in [3.8, 4) is 0 Å². The van der Waals surface area contributed by atoms with Crippen molar-refractivity contribution in [3.05, 3.63) is 47.0 Å². The van der Waals surface area contributed by atoms with Crippen LogP contribution in [0.5, 0.6) is 0 Å². The van der Waals surface area contributed by atoms with Gasteiger partial charge in [0.05, 0.1) is 33.7 Å². The summed E-state index contributed by atoms with van der Waals surface area (Å²) >= 11 is 6.11. The first-order chi connectivity index (χ1) is 15.0. The van der Waals surface area contributed by atoms with Gasteiger partial charge in [0.25, 0.3) is 5.91 Å². The predicted octanol–water partition coefficient (Wildman–Crippen LogP) is 4.73. The Morgan fingerprint density at radius 2 is 1.90 bits per heavy atom. The molecule has 2 heterocycles. The molecule has 7 rings (SSSR count). The summed E-state index contributed by atoms with van der Waals surface area (Å²) in [6.07, 6.45) is 10.7. The third-order valence-electron chi connectivity index (χ3n) is 7.55. The Morgan fingerprint density at radius 3 is 2.58 bits per heavy atom. The van der Waals surface area contributed by atoms with Gasteiger partial charge in [0.15, 0.2) is 0 Å². The Bertz CT molecular complexity index is 1030. The van der Waals surface area contributed by atoms with E-state index in [2.05, 4.69) is 20.3 Å². The van der Waals surface area contributed by atoms with Gasteiger partial charge in [0, 0.05) is 12.6 Å². The van der Waals surface area contributed by atoms with Gasteiger partial charge in [-0.1, -0.05) is 22.8 Å². The van der Waals surface area contributed by atoms with Gasteiger partial charge in [0.1, 0.15) is 5.82 Å². The van der Waals surface area contributed by atoms with Crippen LogP contribution in [0.4, 0.5) is 10.1 Å². The number of anilines is 1. The summed E-state index contributed by atoms with van der Waals surface area (Å²) in [5.41, 5.74) is 1.29. The van der Waals surface area contributed by atoms with E-state index < -0.39 is 11.9 Å². The van der Waals surface area contributed by atoms with Crippen molar-refractivity contribution in [1.82, 2.24) is 9.78 Å². The summed E-state index contributed by atoms with van der Waals surface area (Å²) in [7, 11) is 0. The number of hydrogen-bond donors (Lipinski definition) is 1. The third-order valence-corrected chi connectivity index (χ3v) is 7.87. The summed E-state index contributed by atoms with van der Waals surface area (Å²) in [5.74, 6) is 1.66. The summed E-state index contributed by atoms with van der Waals surface area (Å²) in [6, 6.07) is 4.44. The number of nitrogens with zero attached hydrogens (tertiary/aromatic N) is 3. The molecule has 1 aromatic carbocycles. The van der Waals surface area contributed by atoms with E-state index >= 15 is 0 Å². The van der Waals surface area contributed by atoms with Crippen molar-refractivity contribution in [2.24, 2.45) is 22.9 Å². The van der Waals surface area contributed by atoms with E-state index in [1.54, 1.807) is 12.3 Å². The average molecular weight is 443 g/mol. The SMILES string of the molecule is O=C(Nc1cnn(C23CC4CC(CC(C4)C2)C3)c1)[C@@H]1CC(c2c(F)cccc2Cl)=NO1. The summed E-state index contributed by atoms with van der Waals surface area (Å²) in [5, 5.41) is 11.7. The van der Waals surface area contributed by atoms with Gasteiger partial charge in [-0.25, -0.2) is 4.39 Å². The van der Waals surface area contributed by atoms with Crippen LogP contribution >= 0.6 is 11.6 Å². The Labute approximate surface area is 184 Å². The normalized spacial score (nSPS) is 33.3. The highest BCUT2D eigenvalue weighted by Gasteiger charge is 2.52. The van der Waals surface area contributed by atoms with Crippen molar-refractivity contribution in [2.75, 3.05) is 5.32 Å². The lowest BCUT2D eigenvalue weighted by atomic mass is 9.53. The molecule has 0 spiro atoms. The minimum Gasteiger partial charge on any atom is -0.382 e. The molecule has 0 saturated heterocycles. The van der Waals surface area contributed by atoms with Gasteiger partial charge in [-0.3, -0.25) is 9.48 Å². The van der Waals surface area contributed by atoms with Crippen LogP contribution in [0, 0.1) is 23.6 Å². The molecule has 1 amide bonds. The second kappa shape index (κ2) is 7.05. The molecule has 6 nitrogen and oxygen atoms in total. The standard InChI is InChI=1S/C23H24ClFN4O2/c24-17-2-1-3-18(25)21(17)19-7-20(31-28-19)22(30)27-16-11-26-29(12-16)23-8-13-4-14(9-23)6-15(5-13)10-23/h1-3,11-15,20H,4-10H2,(H,27,30)/t13?,14?,15?,20-,23?/m0/s1. The highest BCUT2D eigenvalue weighted by molar-refractivity contribution is 6.34. The van der Waals surface area contributed by atoms with E-state index in [0.29, 0.717) is 11.4 Å². The van der Waals surface area contributed by atoms with Gasteiger partial charge in [-0.15, -0.1) is 0 Å². The molecule has 31 heavy (non-hydrogen) atoms. The smallest absolute Gasteiger partial charge is 0.268 e. The lowest BCUT2D eigenvalue weighted by molar-refractivity contribution is -0.125. The van der Waals surface area contributed by atoms with Crippen molar-refractivity contribution >= 4 is 28.9 Å². The van der Waals surface area contributed by atoms with Crippen LogP contribution in [-0.4, -0.2) is 27.5 Å². The number of nitrogens with one attached hydrogen (secondary N) is 1. The number of rotatable bonds is 4. The van der Waals surface area contributed by atoms with Crippen molar-refractivity contribution in [3.63, 3.8) is 0 Å². The highest BCUT2D eigenvalue weighted by Crippen LogP contribution is 2.58. The molecule has 1 atom stereocenters. The minimum atomic E-state index is -0.825. The average Bonchev–Trinajstić information content (AvgIpc) is 3.37. The lowest BCUT2D eigenvalue weighted by Gasteiger charge is -2.56. The Hall–Kier alpha value is -2.41. The van der Waals surface area contributed by atoms with E-state index in [9.17, 15) is 9.18 Å². The van der Waals surface area contributed by atoms with E-state index in [4.69, 9.17) is 16.4 Å². The number of aromatic nitrogens is 2. The van der Waals surface area contributed by atoms with E-state index in [-0.39, 0.29) is 28.5 Å². The van der Waals surface area contributed by atoms with Gasteiger partial charge in [0.2, 0.25) is 6.10 Å². The molecule has 1 aromatic heterocycles. The van der Waals surface area contributed by atoms with Crippen molar-refractivity contribution < 1.29 is 14.0 Å². The van der Waals surface area contributed by atoms with Crippen LogP contribution in [0.1, 0.15) is 50.5 Å². The molecular formula is C23H24ClFN4O2. The monoisotopic (exact) mass is 442 g/mol. The number of carbonyl (C=O) groups is 1. The quantitative estimate of drug-likeness (QED) is 0.744. The third kappa shape index (κ3) is 3.25. The number of carbonyl (C=O) groups excluding carboxylic acids is 1. The van der Waals surface area contributed by atoms with Crippen LogP contribution < -0.4 is 5.32 Å². The zero-order chi connectivity index (χ0) is 21.2. The number of oxime groups is 1. The molecule has 4 bridgehead atoms. The van der Waals surface area contributed by atoms with Crippen LogP contribution in [0.3, 0.4) is 0 Å². The Balaban J connectivity index is 1.14. The topological polar surface area (TPSA) is 68.5 Å². The fraction of sp³-hybridized carbons (Fsp3) is 0.522. The van der Waals surface area contributed by atoms with Gasteiger partial charge < -0.3 is 10.2 Å². The molecule has 8 heteroatoms. The lowest BCUT2D eigenvalue weighted by Crippen LogP contribution is -2.52. The van der Waals surface area contributed by atoms with Crippen LogP contribution in [0.25, 0.3) is 0 Å². The zero-order valence-electron chi connectivity index (χ0n) is 17.1. The van der Waals surface area contributed by atoms with E-state index in [1.165, 1.54) is 50.7 Å². The fourth-order valence-electron chi connectivity index (χ4n) is 6.65. The first kappa shape index (κ1) is 19.3. The van der Waals surface area contributed by atoms with Gasteiger partial charge >= 0.3 is 0 Å². The largest absolute Gasteiger partial charge is 0.382 e. The molecule has 4 saturated carbocycles. The summed E-state index contributed by atoms with van der Waals surface area (Å²) in [4.78, 5) is 18.0. The Kier molecular flexibility index (Phi) is 4.39. The maximum atomic E-state index is 14.2.